The molecule has 4 aromatic rings. The van der Waals surface area contributed by atoms with Crippen molar-refractivity contribution in [2.24, 2.45) is 0 Å². The summed E-state index contributed by atoms with van der Waals surface area (Å²) in [7, 11) is 4.01. The van der Waals surface area contributed by atoms with Crippen molar-refractivity contribution in [2.75, 3.05) is 40.3 Å². The Bertz CT molecular complexity index is 1410. The van der Waals surface area contributed by atoms with E-state index in [1.807, 2.05) is 75.2 Å². The molecule has 1 fully saturated rings. The number of nitrogens with one attached hydrogen (secondary N) is 2. The summed E-state index contributed by atoms with van der Waals surface area (Å²) >= 11 is 0. The van der Waals surface area contributed by atoms with E-state index in [2.05, 4.69) is 39.0 Å². The summed E-state index contributed by atoms with van der Waals surface area (Å²) in [6.07, 6.45) is 3.93. The number of amides is 1. The molecule has 0 spiro atoms. The number of benzene rings is 2. The molecule has 8 nitrogen and oxygen atoms in total. The molecule has 2 aromatic heterocycles. The predicted octanol–water partition coefficient (Wildman–Crippen LogP) is 3.98. The van der Waals surface area contributed by atoms with Gasteiger partial charge in [0.1, 0.15) is 12.4 Å². The molecule has 2 N–H and O–H groups in total. The van der Waals surface area contributed by atoms with E-state index in [9.17, 15) is 4.79 Å². The first-order chi connectivity index (χ1) is 17.9. The van der Waals surface area contributed by atoms with Gasteiger partial charge in [-0.25, -0.2) is 4.98 Å². The Balaban J connectivity index is 1.40. The highest BCUT2D eigenvalue weighted by Crippen LogP contribution is 2.30. The van der Waals surface area contributed by atoms with Crippen molar-refractivity contribution in [1.82, 2.24) is 30.3 Å². The summed E-state index contributed by atoms with van der Waals surface area (Å²) in [6.45, 7) is 7.19. The topological polar surface area (TPSA) is 84.3 Å². The van der Waals surface area contributed by atoms with Gasteiger partial charge in [0.05, 0.1) is 29.5 Å². The van der Waals surface area contributed by atoms with Crippen LogP contribution in [0.2, 0.25) is 0 Å². The number of fused-ring (bicyclic) bond motifs is 1. The van der Waals surface area contributed by atoms with Crippen molar-refractivity contribution in [2.45, 2.75) is 25.9 Å². The van der Waals surface area contributed by atoms with Crippen molar-refractivity contribution in [3.05, 3.63) is 77.6 Å². The second kappa shape index (κ2) is 10.7. The minimum atomic E-state index is -0.234. The van der Waals surface area contributed by atoms with Gasteiger partial charge in [-0.3, -0.25) is 9.48 Å². The Morgan fingerprint density at radius 2 is 2.03 bits per heavy atom. The van der Waals surface area contributed by atoms with Gasteiger partial charge in [0, 0.05) is 42.3 Å². The lowest BCUT2D eigenvalue weighted by atomic mass is 9.99. The fourth-order valence-electron chi connectivity index (χ4n) is 4.47. The van der Waals surface area contributed by atoms with Crippen molar-refractivity contribution in [3.8, 4) is 17.0 Å². The lowest BCUT2D eigenvalue weighted by Crippen LogP contribution is -2.43. The number of carbonyl (C=O) groups excluding carboxylic acids is 1. The number of aromatic nitrogens is 3. The van der Waals surface area contributed by atoms with E-state index in [1.165, 1.54) is 0 Å². The van der Waals surface area contributed by atoms with Gasteiger partial charge < -0.3 is 20.3 Å². The predicted molar refractivity (Wildman–Crippen MR) is 146 cm³/mol. The Kier molecular flexibility index (Phi) is 7.21. The quantitative estimate of drug-likeness (QED) is 0.363. The zero-order valence-electron chi connectivity index (χ0n) is 21.9. The number of nitrogens with zero attached hydrogens (tertiary/aromatic N) is 4. The first-order valence-corrected chi connectivity index (χ1v) is 12.7. The normalized spacial score (nSPS) is 14.5. The number of hydrogen-bond donors (Lipinski definition) is 2. The van der Waals surface area contributed by atoms with Crippen molar-refractivity contribution in [1.29, 1.82) is 0 Å². The zero-order chi connectivity index (χ0) is 25.9. The van der Waals surface area contributed by atoms with E-state index in [0.29, 0.717) is 24.0 Å². The Hall–Kier alpha value is -3.75. The number of hydrogen-bond acceptors (Lipinski definition) is 6. The van der Waals surface area contributed by atoms with E-state index in [1.54, 1.807) is 0 Å². The van der Waals surface area contributed by atoms with Crippen LogP contribution in [0.15, 0.2) is 60.9 Å². The highest BCUT2D eigenvalue weighted by molar-refractivity contribution is 5.96. The van der Waals surface area contributed by atoms with Gasteiger partial charge in [-0.15, -0.1) is 0 Å². The van der Waals surface area contributed by atoms with E-state index in [4.69, 9.17) is 9.72 Å². The summed E-state index contributed by atoms with van der Waals surface area (Å²) in [5.41, 5.74) is 5.24. The average molecular weight is 499 g/mol. The molecule has 1 amide bonds. The van der Waals surface area contributed by atoms with Crippen LogP contribution in [0.5, 0.6) is 5.75 Å². The van der Waals surface area contributed by atoms with Crippen LogP contribution in [-0.4, -0.2) is 65.9 Å². The summed E-state index contributed by atoms with van der Waals surface area (Å²) in [4.78, 5) is 20.4. The highest BCUT2D eigenvalue weighted by atomic mass is 16.5. The number of rotatable bonds is 9. The van der Waals surface area contributed by atoms with Crippen LogP contribution in [0.1, 0.15) is 40.5 Å². The third-order valence-corrected chi connectivity index (χ3v) is 6.85. The molecule has 2 aromatic carbocycles. The number of pyridine rings is 1. The van der Waals surface area contributed by atoms with Crippen LogP contribution in [0.3, 0.4) is 0 Å². The van der Waals surface area contributed by atoms with E-state index in [-0.39, 0.29) is 11.9 Å². The monoisotopic (exact) mass is 498 g/mol. The first-order valence-electron chi connectivity index (χ1n) is 12.7. The number of carbonyl (C=O) groups is 1. The van der Waals surface area contributed by atoms with Gasteiger partial charge in [0.15, 0.2) is 0 Å². The second-order valence-corrected chi connectivity index (χ2v) is 9.96. The Morgan fingerprint density at radius 1 is 1.22 bits per heavy atom. The molecule has 3 heterocycles. The van der Waals surface area contributed by atoms with Gasteiger partial charge >= 0.3 is 0 Å². The molecule has 0 bridgehead atoms. The lowest BCUT2D eigenvalue weighted by molar-refractivity contribution is 0.0939. The molecule has 1 atom stereocenters. The van der Waals surface area contributed by atoms with E-state index < -0.39 is 0 Å². The molecule has 37 heavy (non-hydrogen) atoms. The average Bonchev–Trinajstić information content (AvgIpc) is 3.32. The third kappa shape index (κ3) is 5.50. The van der Waals surface area contributed by atoms with Gasteiger partial charge in [-0.1, -0.05) is 24.3 Å². The smallest absolute Gasteiger partial charge is 0.252 e. The van der Waals surface area contributed by atoms with Gasteiger partial charge in [-0.05, 0) is 63.3 Å². The van der Waals surface area contributed by atoms with E-state index >= 15 is 0 Å². The summed E-state index contributed by atoms with van der Waals surface area (Å²) in [5.74, 6) is 0.566. The maximum absolute atomic E-state index is 13.4. The number of aryl methyl sites for hydroxylation is 1. The van der Waals surface area contributed by atoms with Crippen LogP contribution >= 0.6 is 0 Å². The molecule has 1 aliphatic rings. The number of likely N-dealkylation sites (N-methyl/N-ethyl adjacent to an activating group) is 1. The van der Waals surface area contributed by atoms with Crippen LogP contribution in [0.25, 0.3) is 22.2 Å². The minimum Gasteiger partial charge on any atom is -0.492 e. The minimum absolute atomic E-state index is 0.129. The third-order valence-electron chi connectivity index (χ3n) is 6.85. The fraction of sp³-hybridized carbons (Fsp3) is 0.345. The molecule has 192 valence electrons. The summed E-state index contributed by atoms with van der Waals surface area (Å²) < 4.78 is 7.87. The number of ether oxygens (including phenoxy) is 1. The lowest BCUT2D eigenvalue weighted by Gasteiger charge is -2.27. The standard InChI is InChI=1S/C29H34N6O2/c1-19-9-10-23(37-12-11-34(3)4)13-25(19)29(36)32-20(2)26-14-28(33-27-8-6-5-7-24(26)27)21-15-31-35(18-21)22-16-30-17-22/h5-10,13-15,18,20,22,30H,11-12,16-17H2,1-4H3,(H,32,36). The fourth-order valence-corrected chi connectivity index (χ4v) is 4.47. The molecule has 1 unspecified atom stereocenters. The second-order valence-electron chi connectivity index (χ2n) is 9.96. The van der Waals surface area contributed by atoms with Gasteiger partial charge in [-0.2, -0.15) is 5.10 Å². The first kappa shape index (κ1) is 24.9. The SMILES string of the molecule is Cc1ccc(OCCN(C)C)cc1C(=O)NC(C)c1cc(-c2cnn(C3CNC3)c2)nc2ccccc12. The molecular weight excluding hydrogens is 464 g/mol. The molecule has 0 saturated carbocycles. The van der Waals surface area contributed by atoms with Crippen LogP contribution in [0.4, 0.5) is 0 Å². The van der Waals surface area contributed by atoms with Crippen LogP contribution in [0, 0.1) is 6.92 Å². The molecule has 1 saturated heterocycles. The Morgan fingerprint density at radius 3 is 2.78 bits per heavy atom. The van der Waals surface area contributed by atoms with Crippen LogP contribution in [-0.2, 0) is 0 Å². The molecule has 8 heteroatoms. The molecule has 1 aliphatic heterocycles. The van der Waals surface area contributed by atoms with Crippen LogP contribution < -0.4 is 15.4 Å². The van der Waals surface area contributed by atoms with Gasteiger partial charge in [0.25, 0.3) is 5.91 Å². The number of para-hydroxylation sites is 1. The molecular formula is C29H34N6O2. The Labute approximate surface area is 217 Å². The zero-order valence-corrected chi connectivity index (χ0v) is 21.9. The summed E-state index contributed by atoms with van der Waals surface area (Å²) in [6, 6.07) is 15.9. The van der Waals surface area contributed by atoms with Crippen molar-refractivity contribution >= 4 is 16.8 Å². The maximum Gasteiger partial charge on any atom is 0.252 e. The molecule has 0 aliphatic carbocycles. The molecule has 5 rings (SSSR count). The molecule has 0 radical (unpaired) electrons. The summed E-state index contributed by atoms with van der Waals surface area (Å²) in [5, 5.41) is 12.1. The van der Waals surface area contributed by atoms with E-state index in [0.717, 1.165) is 52.9 Å². The van der Waals surface area contributed by atoms with Gasteiger partial charge in [0.2, 0.25) is 0 Å². The van der Waals surface area contributed by atoms with Crippen molar-refractivity contribution in [3.63, 3.8) is 0 Å². The highest BCUT2D eigenvalue weighted by Gasteiger charge is 2.21. The largest absolute Gasteiger partial charge is 0.492 e. The maximum atomic E-state index is 13.4. The van der Waals surface area contributed by atoms with Crippen molar-refractivity contribution < 1.29 is 9.53 Å².